The fraction of sp³-hybridized carbons (Fsp3) is 0.333. The summed E-state index contributed by atoms with van der Waals surface area (Å²) < 4.78 is 24.5. The third-order valence-corrected chi connectivity index (χ3v) is 4.49. The monoisotopic (exact) mass is 405 g/mol. The van der Waals surface area contributed by atoms with Crippen molar-refractivity contribution in [3.05, 3.63) is 64.9 Å². The number of halogens is 2. The quantitative estimate of drug-likeness (QED) is 0.701. The fourth-order valence-corrected chi connectivity index (χ4v) is 2.63. The van der Waals surface area contributed by atoms with Crippen LogP contribution in [0.2, 0.25) is 5.02 Å². The zero-order chi connectivity index (χ0) is 20.3. The van der Waals surface area contributed by atoms with Crippen molar-refractivity contribution in [1.82, 2.24) is 5.32 Å². The first kappa shape index (κ1) is 20.1. The molecule has 0 bridgehead atoms. The van der Waals surface area contributed by atoms with E-state index in [4.69, 9.17) is 21.1 Å². The molecule has 1 fully saturated rings. The molecule has 2 aromatic rings. The van der Waals surface area contributed by atoms with Crippen LogP contribution in [0.25, 0.3) is 0 Å². The van der Waals surface area contributed by atoms with Gasteiger partial charge in [0.05, 0.1) is 0 Å². The molecule has 0 aliphatic heterocycles. The minimum Gasteiger partial charge on any atom is -0.476 e. The summed E-state index contributed by atoms with van der Waals surface area (Å²) in [6.45, 7) is 3.09. The van der Waals surface area contributed by atoms with E-state index in [2.05, 4.69) is 5.32 Å². The normalized spacial score (nSPS) is 14.9. The van der Waals surface area contributed by atoms with Crippen LogP contribution in [0.4, 0.5) is 4.39 Å². The van der Waals surface area contributed by atoms with Gasteiger partial charge in [-0.3, -0.25) is 4.79 Å². The Labute approximate surface area is 167 Å². The highest BCUT2D eigenvalue weighted by atomic mass is 35.5. The number of amides is 1. The summed E-state index contributed by atoms with van der Waals surface area (Å²) in [5.74, 6) is -1.16. The second-order valence-corrected chi connectivity index (χ2v) is 7.62. The van der Waals surface area contributed by atoms with E-state index in [0.29, 0.717) is 16.3 Å². The van der Waals surface area contributed by atoms with E-state index in [0.717, 1.165) is 12.8 Å². The highest BCUT2D eigenvalue weighted by Gasteiger charge is 2.37. The Kier molecular flexibility index (Phi) is 5.89. The van der Waals surface area contributed by atoms with Gasteiger partial charge in [0.1, 0.15) is 11.6 Å². The molecule has 0 saturated heterocycles. The molecule has 28 heavy (non-hydrogen) atoms. The van der Waals surface area contributed by atoms with Crippen molar-refractivity contribution in [1.29, 1.82) is 0 Å². The van der Waals surface area contributed by atoms with Gasteiger partial charge >= 0.3 is 5.97 Å². The molecule has 5 nitrogen and oxygen atoms in total. The second-order valence-electron chi connectivity index (χ2n) is 7.19. The number of nitrogens with one attached hydrogen (secondary N) is 1. The summed E-state index contributed by atoms with van der Waals surface area (Å²) in [4.78, 5) is 25.4. The molecule has 2 aromatic carbocycles. The molecule has 0 heterocycles. The Balaban J connectivity index is 1.75. The van der Waals surface area contributed by atoms with E-state index in [1.807, 2.05) is 0 Å². The van der Waals surface area contributed by atoms with E-state index in [1.165, 1.54) is 24.3 Å². The molecular weight excluding hydrogens is 385 g/mol. The van der Waals surface area contributed by atoms with Crippen molar-refractivity contribution in [2.75, 3.05) is 0 Å². The summed E-state index contributed by atoms with van der Waals surface area (Å²) in [6.07, 6.45) is 0.587. The number of hydrogen-bond acceptors (Lipinski definition) is 4. The van der Waals surface area contributed by atoms with Crippen molar-refractivity contribution in [2.24, 2.45) is 0 Å². The Morgan fingerprint density at radius 2 is 1.71 bits per heavy atom. The summed E-state index contributed by atoms with van der Waals surface area (Å²) in [7, 11) is 0. The van der Waals surface area contributed by atoms with Crippen molar-refractivity contribution in [2.45, 2.75) is 44.4 Å². The molecule has 1 aliphatic carbocycles. The smallest absolute Gasteiger partial charge is 0.351 e. The molecule has 1 N–H and O–H groups in total. The maximum absolute atomic E-state index is 13.3. The Morgan fingerprint density at radius 3 is 2.29 bits per heavy atom. The van der Waals surface area contributed by atoms with Gasteiger partial charge in [-0.15, -0.1) is 0 Å². The van der Waals surface area contributed by atoms with Gasteiger partial charge in [0.25, 0.3) is 5.91 Å². The standard InChI is InChI=1S/C21H21ClFNO4/c1-21(2,28-17-11-5-14(22)6-12-17)20(26)27-18(19(25)24-16-9-10-16)13-3-7-15(23)8-4-13/h3-8,11-12,16,18H,9-10H2,1-2H3,(H,24,25)/t18-/m0/s1. The second kappa shape index (κ2) is 8.19. The van der Waals surface area contributed by atoms with Crippen molar-refractivity contribution >= 4 is 23.5 Å². The number of ether oxygens (including phenoxy) is 2. The number of benzene rings is 2. The minimum atomic E-state index is -1.36. The maximum Gasteiger partial charge on any atom is 0.351 e. The van der Waals surface area contributed by atoms with Crippen LogP contribution in [0.1, 0.15) is 38.4 Å². The van der Waals surface area contributed by atoms with E-state index in [1.54, 1.807) is 38.1 Å². The number of esters is 1. The lowest BCUT2D eigenvalue weighted by Gasteiger charge is -2.27. The van der Waals surface area contributed by atoms with E-state index < -0.39 is 29.4 Å². The van der Waals surface area contributed by atoms with Gasteiger partial charge < -0.3 is 14.8 Å². The van der Waals surface area contributed by atoms with E-state index >= 15 is 0 Å². The average molecular weight is 406 g/mol. The molecule has 3 rings (SSSR count). The average Bonchev–Trinajstić information content (AvgIpc) is 3.46. The highest BCUT2D eigenvalue weighted by Crippen LogP contribution is 2.27. The van der Waals surface area contributed by atoms with E-state index in [9.17, 15) is 14.0 Å². The molecule has 1 atom stereocenters. The number of rotatable bonds is 7. The highest BCUT2D eigenvalue weighted by molar-refractivity contribution is 6.30. The molecule has 1 saturated carbocycles. The molecule has 7 heteroatoms. The molecule has 0 aromatic heterocycles. The number of carbonyl (C=O) groups is 2. The van der Waals surface area contributed by atoms with Gasteiger partial charge in [-0.05, 0) is 63.1 Å². The van der Waals surface area contributed by atoms with Gasteiger partial charge in [0, 0.05) is 16.6 Å². The molecule has 148 valence electrons. The van der Waals surface area contributed by atoms with Crippen LogP contribution in [0.5, 0.6) is 5.75 Å². The Bertz CT molecular complexity index is 848. The molecular formula is C21H21ClFNO4. The van der Waals surface area contributed by atoms with E-state index in [-0.39, 0.29) is 6.04 Å². The van der Waals surface area contributed by atoms with Crippen LogP contribution in [0.15, 0.2) is 48.5 Å². The predicted octanol–water partition coefficient (Wildman–Crippen LogP) is 4.20. The lowest BCUT2D eigenvalue weighted by Crippen LogP contribution is -2.43. The number of carbonyl (C=O) groups excluding carboxylic acids is 2. The summed E-state index contributed by atoms with van der Waals surface area (Å²) >= 11 is 5.86. The van der Waals surface area contributed by atoms with Crippen molar-refractivity contribution < 1.29 is 23.5 Å². The number of hydrogen-bond donors (Lipinski definition) is 1. The van der Waals surface area contributed by atoms with Crippen LogP contribution in [-0.4, -0.2) is 23.5 Å². The largest absolute Gasteiger partial charge is 0.476 e. The van der Waals surface area contributed by atoms with Crippen LogP contribution < -0.4 is 10.1 Å². The van der Waals surface area contributed by atoms with Crippen molar-refractivity contribution in [3.8, 4) is 5.75 Å². The van der Waals surface area contributed by atoms with Gasteiger partial charge in [0.2, 0.25) is 6.10 Å². The summed E-state index contributed by atoms with van der Waals surface area (Å²) in [5.41, 5.74) is -0.971. The molecule has 1 amide bonds. The zero-order valence-electron chi connectivity index (χ0n) is 15.6. The predicted molar refractivity (Wildman–Crippen MR) is 103 cm³/mol. The lowest BCUT2D eigenvalue weighted by atomic mass is 10.1. The molecule has 0 radical (unpaired) electrons. The Morgan fingerprint density at radius 1 is 1.11 bits per heavy atom. The van der Waals surface area contributed by atoms with Crippen LogP contribution in [0.3, 0.4) is 0 Å². The third-order valence-electron chi connectivity index (χ3n) is 4.24. The maximum atomic E-state index is 13.3. The minimum absolute atomic E-state index is 0.0903. The van der Waals surface area contributed by atoms with Gasteiger partial charge in [0.15, 0.2) is 5.60 Å². The lowest BCUT2D eigenvalue weighted by molar-refractivity contribution is -0.169. The first-order valence-electron chi connectivity index (χ1n) is 8.96. The zero-order valence-corrected chi connectivity index (χ0v) is 16.3. The molecule has 0 unspecified atom stereocenters. The topological polar surface area (TPSA) is 64.6 Å². The van der Waals surface area contributed by atoms with Crippen LogP contribution in [0, 0.1) is 5.82 Å². The Hall–Kier alpha value is -2.60. The van der Waals surface area contributed by atoms with Crippen LogP contribution in [-0.2, 0) is 14.3 Å². The fourth-order valence-electron chi connectivity index (χ4n) is 2.50. The van der Waals surface area contributed by atoms with Crippen molar-refractivity contribution in [3.63, 3.8) is 0 Å². The van der Waals surface area contributed by atoms with Gasteiger partial charge in [-0.2, -0.15) is 0 Å². The van der Waals surface area contributed by atoms with Gasteiger partial charge in [-0.1, -0.05) is 23.7 Å². The summed E-state index contributed by atoms with van der Waals surface area (Å²) in [5, 5.41) is 3.36. The van der Waals surface area contributed by atoms with Gasteiger partial charge in [-0.25, -0.2) is 9.18 Å². The first-order chi connectivity index (χ1) is 13.2. The third kappa shape index (κ3) is 5.23. The molecule has 0 spiro atoms. The van der Waals surface area contributed by atoms with Crippen LogP contribution >= 0.6 is 11.6 Å². The first-order valence-corrected chi connectivity index (χ1v) is 9.34. The summed E-state index contributed by atoms with van der Waals surface area (Å²) in [6, 6.07) is 11.9. The molecule has 1 aliphatic rings. The SMILES string of the molecule is CC(C)(Oc1ccc(Cl)cc1)C(=O)O[C@H](C(=O)NC1CC1)c1ccc(F)cc1.